The molecule has 8 heteroatoms. The summed E-state index contributed by atoms with van der Waals surface area (Å²) in [7, 11) is -2.04. The van der Waals surface area contributed by atoms with Gasteiger partial charge in [0.2, 0.25) is 10.0 Å². The fraction of sp³-hybridized carbons (Fsp3) is 0.667. The van der Waals surface area contributed by atoms with Crippen LogP contribution >= 0.6 is 0 Å². The van der Waals surface area contributed by atoms with Gasteiger partial charge in [0, 0.05) is 25.8 Å². The van der Waals surface area contributed by atoms with Crippen LogP contribution in [0.15, 0.2) is 11.1 Å². The van der Waals surface area contributed by atoms with Gasteiger partial charge < -0.3 is 5.11 Å². The number of aliphatic carboxylic acids is 1. The van der Waals surface area contributed by atoms with E-state index in [2.05, 4.69) is 5.10 Å². The summed E-state index contributed by atoms with van der Waals surface area (Å²) < 4.78 is 28.1. The molecule has 2 rings (SSSR count). The Balaban J connectivity index is 2.39. The summed E-state index contributed by atoms with van der Waals surface area (Å²) in [6.07, 6.45) is 2.52. The molecule has 20 heavy (non-hydrogen) atoms. The maximum absolute atomic E-state index is 12.7. The van der Waals surface area contributed by atoms with Crippen molar-refractivity contribution < 1.29 is 18.3 Å². The summed E-state index contributed by atoms with van der Waals surface area (Å²) in [6, 6.07) is -0.550. The van der Waals surface area contributed by atoms with Crippen molar-refractivity contribution in [3.8, 4) is 0 Å². The highest BCUT2D eigenvalue weighted by atomic mass is 32.2. The predicted molar refractivity (Wildman–Crippen MR) is 71.7 cm³/mol. The third-order valence-corrected chi connectivity index (χ3v) is 5.89. The lowest BCUT2D eigenvalue weighted by Gasteiger charge is -2.36. The number of nitrogens with zero attached hydrogens (tertiary/aromatic N) is 3. The topological polar surface area (TPSA) is 92.5 Å². The normalized spacial score (nSPS) is 24.8. The molecule has 1 aromatic heterocycles. The van der Waals surface area contributed by atoms with Crippen LogP contribution in [0.5, 0.6) is 0 Å². The second kappa shape index (κ2) is 5.17. The van der Waals surface area contributed by atoms with Crippen LogP contribution in [-0.2, 0) is 21.9 Å². The quantitative estimate of drug-likeness (QED) is 0.882. The zero-order chi connectivity index (χ0) is 15.1. The largest absolute Gasteiger partial charge is 0.481 e. The van der Waals surface area contributed by atoms with Gasteiger partial charge >= 0.3 is 5.97 Å². The van der Waals surface area contributed by atoms with Crippen LogP contribution in [0.3, 0.4) is 0 Å². The molecular formula is C12H19N3O4S. The van der Waals surface area contributed by atoms with Gasteiger partial charge in [-0.3, -0.25) is 9.48 Å². The first-order valence-corrected chi connectivity index (χ1v) is 7.94. The SMILES string of the molecule is Cc1nn(C)cc1S(=O)(=O)N1CCC[C@@H](C(=O)O)[C@H]1C. The molecule has 1 aliphatic heterocycles. The number of hydrogen-bond acceptors (Lipinski definition) is 4. The molecule has 0 spiro atoms. The van der Waals surface area contributed by atoms with E-state index < -0.39 is 28.0 Å². The van der Waals surface area contributed by atoms with Gasteiger partial charge in [-0.15, -0.1) is 0 Å². The minimum Gasteiger partial charge on any atom is -0.481 e. The molecule has 2 heterocycles. The van der Waals surface area contributed by atoms with Gasteiger partial charge in [-0.05, 0) is 26.7 Å². The van der Waals surface area contributed by atoms with Gasteiger partial charge in [0.05, 0.1) is 11.6 Å². The lowest BCUT2D eigenvalue weighted by Crippen LogP contribution is -2.49. The van der Waals surface area contributed by atoms with Gasteiger partial charge in [-0.2, -0.15) is 9.40 Å². The van der Waals surface area contributed by atoms with E-state index in [1.807, 2.05) is 0 Å². The fourth-order valence-corrected chi connectivity index (χ4v) is 4.65. The van der Waals surface area contributed by atoms with E-state index in [9.17, 15) is 18.3 Å². The van der Waals surface area contributed by atoms with E-state index in [1.54, 1.807) is 20.9 Å². The molecule has 1 N–H and O–H groups in total. The maximum atomic E-state index is 12.7. The van der Waals surface area contributed by atoms with E-state index in [4.69, 9.17) is 0 Å². The Morgan fingerprint density at radius 1 is 1.50 bits per heavy atom. The summed E-state index contributed by atoms with van der Waals surface area (Å²) in [5.74, 6) is -1.60. The maximum Gasteiger partial charge on any atom is 0.308 e. The number of carbonyl (C=O) groups is 1. The number of piperidine rings is 1. The number of aryl methyl sites for hydroxylation is 2. The average molecular weight is 301 g/mol. The van der Waals surface area contributed by atoms with E-state index in [-0.39, 0.29) is 4.90 Å². The summed E-state index contributed by atoms with van der Waals surface area (Å²) in [5.41, 5.74) is 0.428. The van der Waals surface area contributed by atoms with E-state index in [1.165, 1.54) is 15.2 Å². The molecule has 1 fully saturated rings. The minimum absolute atomic E-state index is 0.151. The molecule has 0 aliphatic carbocycles. The van der Waals surface area contributed by atoms with Crippen molar-refractivity contribution in [1.82, 2.24) is 14.1 Å². The van der Waals surface area contributed by atoms with Crippen LogP contribution < -0.4 is 0 Å². The zero-order valence-electron chi connectivity index (χ0n) is 11.8. The van der Waals surface area contributed by atoms with Gasteiger partial charge in [-0.25, -0.2) is 8.42 Å². The highest BCUT2D eigenvalue weighted by Gasteiger charge is 2.40. The Morgan fingerprint density at radius 3 is 2.65 bits per heavy atom. The third-order valence-electron chi connectivity index (χ3n) is 3.80. The number of aromatic nitrogens is 2. The summed E-state index contributed by atoms with van der Waals surface area (Å²) in [5, 5.41) is 13.2. The monoisotopic (exact) mass is 301 g/mol. The molecule has 0 bridgehead atoms. The molecule has 112 valence electrons. The predicted octanol–water partition coefficient (Wildman–Crippen LogP) is 0.602. The van der Waals surface area contributed by atoms with Crippen LogP contribution in [0.4, 0.5) is 0 Å². The molecule has 0 unspecified atom stereocenters. The highest BCUT2D eigenvalue weighted by Crippen LogP contribution is 2.30. The Kier molecular flexibility index (Phi) is 3.88. The van der Waals surface area contributed by atoms with Gasteiger partial charge in [0.15, 0.2) is 0 Å². The van der Waals surface area contributed by atoms with E-state index in [0.717, 1.165) is 0 Å². The zero-order valence-corrected chi connectivity index (χ0v) is 12.6. The standard InChI is InChI=1S/C12H19N3O4S/c1-8-11(7-14(3)13-8)20(18,19)15-6-4-5-10(9(15)2)12(16)17/h7,9-10H,4-6H2,1-3H3,(H,16,17)/t9-,10-/m1/s1. The second-order valence-electron chi connectivity index (χ2n) is 5.20. The number of hydrogen-bond donors (Lipinski definition) is 1. The number of carboxylic acid groups (broad SMARTS) is 1. The molecule has 0 radical (unpaired) electrons. The van der Waals surface area contributed by atoms with Crippen molar-refractivity contribution in [1.29, 1.82) is 0 Å². The van der Waals surface area contributed by atoms with Crippen LogP contribution in [-0.4, -0.2) is 46.2 Å². The first kappa shape index (κ1) is 15.0. The second-order valence-corrected chi connectivity index (χ2v) is 7.05. The molecule has 1 aliphatic rings. The number of sulfonamides is 1. The molecule has 0 aromatic carbocycles. The smallest absolute Gasteiger partial charge is 0.308 e. The Labute approximate surface area is 118 Å². The van der Waals surface area contributed by atoms with Crippen molar-refractivity contribution in [2.45, 2.75) is 37.6 Å². The van der Waals surface area contributed by atoms with Crippen molar-refractivity contribution in [3.05, 3.63) is 11.9 Å². The average Bonchev–Trinajstić information content (AvgIpc) is 2.68. The Hall–Kier alpha value is -1.41. The van der Waals surface area contributed by atoms with Gasteiger partial charge in [-0.1, -0.05) is 0 Å². The van der Waals surface area contributed by atoms with Gasteiger partial charge in [0.1, 0.15) is 4.90 Å². The fourth-order valence-electron chi connectivity index (χ4n) is 2.74. The van der Waals surface area contributed by atoms with Crippen molar-refractivity contribution in [2.75, 3.05) is 6.54 Å². The van der Waals surface area contributed by atoms with Crippen LogP contribution in [0.2, 0.25) is 0 Å². The van der Waals surface area contributed by atoms with Crippen LogP contribution in [0, 0.1) is 12.8 Å². The third kappa shape index (κ3) is 2.45. The molecule has 0 amide bonds. The molecular weight excluding hydrogens is 282 g/mol. The number of rotatable bonds is 3. The van der Waals surface area contributed by atoms with E-state index in [0.29, 0.717) is 25.1 Å². The van der Waals surface area contributed by atoms with Crippen LogP contribution in [0.25, 0.3) is 0 Å². The van der Waals surface area contributed by atoms with E-state index >= 15 is 0 Å². The van der Waals surface area contributed by atoms with Crippen molar-refractivity contribution >= 4 is 16.0 Å². The van der Waals surface area contributed by atoms with Crippen molar-refractivity contribution in [3.63, 3.8) is 0 Å². The lowest BCUT2D eigenvalue weighted by molar-refractivity contribution is -0.144. The summed E-state index contributed by atoms with van der Waals surface area (Å²) >= 11 is 0. The lowest BCUT2D eigenvalue weighted by atomic mass is 9.92. The molecule has 0 saturated carbocycles. The first-order chi connectivity index (χ1) is 9.25. The molecule has 2 atom stereocenters. The summed E-state index contributed by atoms with van der Waals surface area (Å²) in [6.45, 7) is 3.64. The molecule has 1 saturated heterocycles. The Morgan fingerprint density at radius 2 is 2.15 bits per heavy atom. The molecule has 1 aromatic rings. The molecule has 7 nitrogen and oxygen atoms in total. The van der Waals surface area contributed by atoms with Crippen LogP contribution in [0.1, 0.15) is 25.5 Å². The number of carboxylic acids is 1. The first-order valence-electron chi connectivity index (χ1n) is 6.50. The minimum atomic E-state index is -3.70. The highest BCUT2D eigenvalue weighted by molar-refractivity contribution is 7.89. The van der Waals surface area contributed by atoms with Crippen molar-refractivity contribution in [2.24, 2.45) is 13.0 Å². The summed E-state index contributed by atoms with van der Waals surface area (Å²) in [4.78, 5) is 11.4. The Bertz CT molecular complexity index is 623. The van der Waals surface area contributed by atoms with Gasteiger partial charge in [0.25, 0.3) is 0 Å².